The summed E-state index contributed by atoms with van der Waals surface area (Å²) in [4.78, 5) is 39.7. The molecular weight excluding hydrogens is 440 g/mol. The van der Waals surface area contributed by atoms with Gasteiger partial charge in [0.2, 0.25) is 5.91 Å². The number of methoxy groups -OCH3 is 1. The zero-order valence-electron chi connectivity index (χ0n) is 17.4. The van der Waals surface area contributed by atoms with Crippen LogP contribution in [-0.2, 0) is 19.1 Å². The highest BCUT2D eigenvalue weighted by molar-refractivity contribution is 7.98. The molecule has 0 radical (unpaired) electrons. The summed E-state index contributed by atoms with van der Waals surface area (Å²) < 4.78 is 10.4. The van der Waals surface area contributed by atoms with Gasteiger partial charge < -0.3 is 19.7 Å². The summed E-state index contributed by atoms with van der Waals surface area (Å²) >= 11 is 7.67. The van der Waals surface area contributed by atoms with Crippen LogP contribution in [0.15, 0.2) is 41.3 Å². The van der Waals surface area contributed by atoms with Gasteiger partial charge in [0.25, 0.3) is 5.91 Å². The highest BCUT2D eigenvalue weighted by Gasteiger charge is 2.36. The van der Waals surface area contributed by atoms with Crippen LogP contribution in [0.5, 0.6) is 5.75 Å². The largest absolute Gasteiger partial charge is 0.495 e. The highest BCUT2D eigenvalue weighted by Crippen LogP contribution is 2.31. The first-order chi connectivity index (χ1) is 14.8. The van der Waals surface area contributed by atoms with E-state index in [1.807, 2.05) is 30.5 Å². The molecule has 1 aliphatic rings. The number of halogens is 1. The zero-order valence-corrected chi connectivity index (χ0v) is 19.0. The Bertz CT molecular complexity index is 996. The van der Waals surface area contributed by atoms with Crippen LogP contribution in [0, 0.1) is 12.8 Å². The van der Waals surface area contributed by atoms with E-state index in [9.17, 15) is 14.4 Å². The second-order valence-corrected chi connectivity index (χ2v) is 8.35. The fourth-order valence-electron chi connectivity index (χ4n) is 3.25. The van der Waals surface area contributed by atoms with Crippen molar-refractivity contribution in [1.82, 2.24) is 0 Å². The molecule has 7 nitrogen and oxygen atoms in total. The van der Waals surface area contributed by atoms with Gasteiger partial charge in [0.05, 0.1) is 18.7 Å². The Morgan fingerprint density at radius 2 is 1.97 bits per heavy atom. The summed E-state index contributed by atoms with van der Waals surface area (Å²) in [5.74, 6) is -1.45. The molecule has 1 unspecified atom stereocenters. The van der Waals surface area contributed by atoms with Crippen molar-refractivity contribution in [3.8, 4) is 5.75 Å². The van der Waals surface area contributed by atoms with Gasteiger partial charge in [-0.1, -0.05) is 11.6 Å². The lowest BCUT2D eigenvalue weighted by atomic mass is 10.1. The van der Waals surface area contributed by atoms with Crippen LogP contribution in [0.1, 0.15) is 12.0 Å². The molecule has 2 aromatic carbocycles. The maximum absolute atomic E-state index is 12.4. The van der Waals surface area contributed by atoms with Crippen LogP contribution in [-0.4, -0.2) is 44.3 Å². The van der Waals surface area contributed by atoms with E-state index in [1.54, 1.807) is 35.7 Å². The van der Waals surface area contributed by atoms with E-state index >= 15 is 0 Å². The Morgan fingerprint density at radius 1 is 1.26 bits per heavy atom. The maximum Gasteiger partial charge on any atom is 0.311 e. The number of rotatable bonds is 7. The summed E-state index contributed by atoms with van der Waals surface area (Å²) in [5.41, 5.74) is 1.94. The topological polar surface area (TPSA) is 84.9 Å². The van der Waals surface area contributed by atoms with Crippen molar-refractivity contribution in [3.63, 3.8) is 0 Å². The number of nitrogens with zero attached hydrogens (tertiary/aromatic N) is 1. The lowest BCUT2D eigenvalue weighted by Gasteiger charge is -2.17. The highest BCUT2D eigenvalue weighted by atomic mass is 35.5. The number of hydrogen-bond donors (Lipinski definition) is 1. The number of nitrogens with one attached hydrogen (secondary N) is 1. The van der Waals surface area contributed by atoms with Crippen LogP contribution in [0.25, 0.3) is 0 Å². The predicted octanol–water partition coefficient (Wildman–Crippen LogP) is 3.91. The molecule has 3 rings (SSSR count). The number of hydrogen-bond acceptors (Lipinski definition) is 6. The fraction of sp³-hybridized carbons (Fsp3) is 0.318. The lowest BCUT2D eigenvalue weighted by molar-refractivity contribution is -0.151. The van der Waals surface area contributed by atoms with Gasteiger partial charge >= 0.3 is 5.97 Å². The van der Waals surface area contributed by atoms with Gasteiger partial charge in [0, 0.05) is 34.6 Å². The van der Waals surface area contributed by atoms with Gasteiger partial charge in [0.1, 0.15) is 5.75 Å². The van der Waals surface area contributed by atoms with Gasteiger partial charge in [-0.15, -0.1) is 11.8 Å². The average Bonchev–Trinajstić information content (AvgIpc) is 3.16. The summed E-state index contributed by atoms with van der Waals surface area (Å²) in [5, 5.41) is 3.16. The Balaban J connectivity index is 1.55. The molecule has 0 aromatic heterocycles. The van der Waals surface area contributed by atoms with E-state index in [2.05, 4.69) is 5.32 Å². The molecule has 164 valence electrons. The monoisotopic (exact) mass is 462 g/mol. The van der Waals surface area contributed by atoms with Crippen molar-refractivity contribution in [1.29, 1.82) is 0 Å². The number of esters is 1. The fourth-order valence-corrected chi connectivity index (χ4v) is 3.81. The number of aryl methyl sites for hydroxylation is 1. The minimum atomic E-state index is -0.618. The molecule has 0 aliphatic carbocycles. The van der Waals surface area contributed by atoms with E-state index in [0.717, 1.165) is 16.1 Å². The average molecular weight is 463 g/mol. The standard InChI is InChI=1S/C22H23ClN2O5S/c1-13-8-18(19(29-2)10-17(13)23)24-20(26)12-30-22(28)14-9-21(27)25(11-14)15-4-6-16(31-3)7-5-15/h4-8,10,14H,9,11-12H2,1-3H3,(H,24,26). The second-order valence-electron chi connectivity index (χ2n) is 7.06. The van der Waals surface area contributed by atoms with Gasteiger partial charge in [-0.2, -0.15) is 0 Å². The Morgan fingerprint density at radius 3 is 2.61 bits per heavy atom. The van der Waals surface area contributed by atoms with E-state index < -0.39 is 24.4 Å². The quantitative estimate of drug-likeness (QED) is 0.496. The van der Waals surface area contributed by atoms with Crippen molar-refractivity contribution < 1.29 is 23.9 Å². The minimum absolute atomic E-state index is 0.0505. The summed E-state index contributed by atoms with van der Waals surface area (Å²) in [6.45, 7) is 1.56. The van der Waals surface area contributed by atoms with Gasteiger partial charge in [0.15, 0.2) is 6.61 Å². The molecule has 9 heteroatoms. The van der Waals surface area contributed by atoms with Crippen molar-refractivity contribution in [2.75, 3.05) is 36.7 Å². The number of benzene rings is 2. The van der Waals surface area contributed by atoms with Gasteiger partial charge in [-0.3, -0.25) is 14.4 Å². The number of carbonyl (C=O) groups excluding carboxylic acids is 3. The smallest absolute Gasteiger partial charge is 0.311 e. The third-order valence-corrected chi connectivity index (χ3v) is 6.09. The Labute approximate surface area is 190 Å². The molecule has 1 aliphatic heterocycles. The number of carbonyl (C=O) groups is 3. The third kappa shape index (κ3) is 5.51. The van der Waals surface area contributed by atoms with Crippen molar-refractivity contribution >= 4 is 52.5 Å². The second kappa shape index (κ2) is 10.1. The Hall–Kier alpha value is -2.71. The van der Waals surface area contributed by atoms with Crippen molar-refractivity contribution in [3.05, 3.63) is 47.0 Å². The van der Waals surface area contributed by atoms with E-state index in [-0.39, 0.29) is 18.9 Å². The summed E-state index contributed by atoms with van der Waals surface area (Å²) in [6.07, 6.45) is 2.03. The molecule has 0 saturated carbocycles. The lowest BCUT2D eigenvalue weighted by Crippen LogP contribution is -2.28. The number of thioether (sulfide) groups is 1. The Kier molecular flexibility index (Phi) is 7.46. The van der Waals surface area contributed by atoms with Gasteiger partial charge in [-0.05, 0) is 49.1 Å². The molecule has 2 aromatic rings. The first kappa shape index (κ1) is 23.0. The van der Waals surface area contributed by atoms with Crippen LogP contribution in [0.4, 0.5) is 11.4 Å². The molecule has 0 bridgehead atoms. The van der Waals surface area contributed by atoms with E-state index in [4.69, 9.17) is 21.1 Å². The predicted molar refractivity (Wildman–Crippen MR) is 121 cm³/mol. The summed E-state index contributed by atoms with van der Waals surface area (Å²) in [6, 6.07) is 10.8. The molecule has 1 saturated heterocycles. The van der Waals surface area contributed by atoms with Crippen LogP contribution in [0.3, 0.4) is 0 Å². The minimum Gasteiger partial charge on any atom is -0.495 e. The van der Waals surface area contributed by atoms with E-state index in [0.29, 0.717) is 16.5 Å². The van der Waals surface area contributed by atoms with Crippen LogP contribution < -0.4 is 15.0 Å². The van der Waals surface area contributed by atoms with E-state index in [1.165, 1.54) is 7.11 Å². The molecule has 1 N–H and O–H groups in total. The molecule has 2 amide bonds. The van der Waals surface area contributed by atoms with Crippen molar-refractivity contribution in [2.24, 2.45) is 5.92 Å². The molecule has 0 spiro atoms. The number of ether oxygens (including phenoxy) is 2. The first-order valence-electron chi connectivity index (χ1n) is 9.57. The van der Waals surface area contributed by atoms with Crippen molar-refractivity contribution in [2.45, 2.75) is 18.2 Å². The third-order valence-electron chi connectivity index (χ3n) is 4.94. The normalized spacial score (nSPS) is 15.7. The van der Waals surface area contributed by atoms with Crippen LogP contribution >= 0.6 is 23.4 Å². The maximum atomic E-state index is 12.4. The molecule has 1 atom stereocenters. The molecule has 1 fully saturated rings. The number of anilines is 2. The summed E-state index contributed by atoms with van der Waals surface area (Å²) in [7, 11) is 1.47. The SMILES string of the molecule is COc1cc(Cl)c(C)cc1NC(=O)COC(=O)C1CC(=O)N(c2ccc(SC)cc2)C1. The molecule has 1 heterocycles. The van der Waals surface area contributed by atoms with Crippen LogP contribution in [0.2, 0.25) is 5.02 Å². The first-order valence-corrected chi connectivity index (χ1v) is 11.2. The molecule has 31 heavy (non-hydrogen) atoms. The number of amides is 2. The van der Waals surface area contributed by atoms with Gasteiger partial charge in [-0.25, -0.2) is 0 Å². The zero-order chi connectivity index (χ0) is 22.5. The molecular formula is C22H23ClN2O5S.